The summed E-state index contributed by atoms with van der Waals surface area (Å²) in [5.41, 5.74) is 0.718. The van der Waals surface area contributed by atoms with E-state index in [-0.39, 0.29) is 10.7 Å². The predicted molar refractivity (Wildman–Crippen MR) is 52.8 cm³/mol. The highest BCUT2D eigenvalue weighted by Crippen LogP contribution is 2.25. The first-order chi connectivity index (χ1) is 6.15. The van der Waals surface area contributed by atoms with E-state index in [2.05, 4.69) is 0 Å². The summed E-state index contributed by atoms with van der Waals surface area (Å²) in [6, 6.07) is 4.70. The van der Waals surface area contributed by atoms with E-state index in [1.165, 1.54) is 12.1 Å². The summed E-state index contributed by atoms with van der Waals surface area (Å²) in [5, 5.41) is 10.6. The monoisotopic (exact) mass is 197 g/mol. The van der Waals surface area contributed by atoms with Crippen LogP contribution in [0.25, 0.3) is 6.08 Å². The molecule has 0 spiro atoms. The van der Waals surface area contributed by atoms with Gasteiger partial charge in [-0.15, -0.1) is 0 Å². The van der Waals surface area contributed by atoms with E-state index in [1.807, 2.05) is 13.0 Å². The number of nitro benzene ring substituents is 1. The minimum atomic E-state index is -0.491. The number of halogens is 1. The van der Waals surface area contributed by atoms with Crippen LogP contribution >= 0.6 is 11.6 Å². The SMILES string of the molecule is C/C=C/c1ccc(Cl)c([N+](=O)[O-])c1. The van der Waals surface area contributed by atoms with Gasteiger partial charge in [0.05, 0.1) is 4.92 Å². The minimum absolute atomic E-state index is 0.0581. The smallest absolute Gasteiger partial charge is 0.258 e. The summed E-state index contributed by atoms with van der Waals surface area (Å²) in [7, 11) is 0. The Bertz CT molecular complexity index is 361. The van der Waals surface area contributed by atoms with Gasteiger partial charge in [0.2, 0.25) is 0 Å². The van der Waals surface area contributed by atoms with Gasteiger partial charge < -0.3 is 0 Å². The molecule has 13 heavy (non-hydrogen) atoms. The quantitative estimate of drug-likeness (QED) is 0.539. The van der Waals surface area contributed by atoms with E-state index < -0.39 is 4.92 Å². The molecule has 1 rings (SSSR count). The highest BCUT2D eigenvalue weighted by Gasteiger charge is 2.11. The van der Waals surface area contributed by atoms with Crippen molar-refractivity contribution in [3.63, 3.8) is 0 Å². The van der Waals surface area contributed by atoms with Crippen molar-refractivity contribution in [2.24, 2.45) is 0 Å². The highest BCUT2D eigenvalue weighted by molar-refractivity contribution is 6.32. The van der Waals surface area contributed by atoms with E-state index in [0.717, 1.165) is 5.56 Å². The van der Waals surface area contributed by atoms with Gasteiger partial charge in [-0.2, -0.15) is 0 Å². The molecular formula is C9H8ClNO2. The Morgan fingerprint density at radius 1 is 1.54 bits per heavy atom. The third-order valence-corrected chi connectivity index (χ3v) is 1.85. The molecule has 68 valence electrons. The maximum absolute atomic E-state index is 10.5. The van der Waals surface area contributed by atoms with Gasteiger partial charge >= 0.3 is 0 Å². The van der Waals surface area contributed by atoms with Gasteiger partial charge in [-0.05, 0) is 18.6 Å². The minimum Gasteiger partial charge on any atom is -0.258 e. The van der Waals surface area contributed by atoms with Gasteiger partial charge in [-0.25, -0.2) is 0 Å². The number of hydrogen-bond donors (Lipinski definition) is 0. The van der Waals surface area contributed by atoms with Crippen LogP contribution in [0.4, 0.5) is 5.69 Å². The molecule has 1 aromatic rings. The van der Waals surface area contributed by atoms with Gasteiger partial charge in [0.15, 0.2) is 0 Å². The lowest BCUT2D eigenvalue weighted by molar-refractivity contribution is -0.384. The standard InChI is InChI=1S/C9H8ClNO2/c1-2-3-7-4-5-8(10)9(6-7)11(12)13/h2-6H,1H3/b3-2+. The molecule has 0 N–H and O–H groups in total. The summed E-state index contributed by atoms with van der Waals surface area (Å²) in [5.74, 6) is 0. The number of nitro groups is 1. The summed E-state index contributed by atoms with van der Waals surface area (Å²) >= 11 is 5.63. The van der Waals surface area contributed by atoms with Crippen LogP contribution in [0.5, 0.6) is 0 Å². The highest BCUT2D eigenvalue weighted by atomic mass is 35.5. The molecule has 0 fully saturated rings. The molecule has 0 amide bonds. The van der Waals surface area contributed by atoms with E-state index in [0.29, 0.717) is 0 Å². The Hall–Kier alpha value is -1.35. The normalized spacial score (nSPS) is 10.6. The van der Waals surface area contributed by atoms with Crippen LogP contribution in [0, 0.1) is 10.1 Å². The van der Waals surface area contributed by atoms with Gasteiger partial charge in [-0.3, -0.25) is 10.1 Å². The second-order valence-electron chi connectivity index (χ2n) is 2.47. The average molecular weight is 198 g/mol. The fourth-order valence-electron chi connectivity index (χ4n) is 0.966. The Kier molecular flexibility index (Phi) is 3.03. The van der Waals surface area contributed by atoms with Gasteiger partial charge in [0, 0.05) is 6.07 Å². The first-order valence-corrected chi connectivity index (χ1v) is 4.09. The number of benzene rings is 1. The zero-order valence-corrected chi connectivity index (χ0v) is 7.78. The summed E-state index contributed by atoms with van der Waals surface area (Å²) < 4.78 is 0. The molecule has 4 heteroatoms. The molecule has 0 heterocycles. The Balaban J connectivity index is 3.18. The third-order valence-electron chi connectivity index (χ3n) is 1.53. The molecule has 1 aromatic carbocycles. The zero-order valence-electron chi connectivity index (χ0n) is 7.03. The van der Waals surface area contributed by atoms with Gasteiger partial charge in [0.25, 0.3) is 5.69 Å². The van der Waals surface area contributed by atoms with Crippen LogP contribution in [0.2, 0.25) is 5.02 Å². The lowest BCUT2D eigenvalue weighted by Crippen LogP contribution is -1.89. The Labute approximate surface area is 80.8 Å². The van der Waals surface area contributed by atoms with Crippen molar-refractivity contribution >= 4 is 23.4 Å². The third kappa shape index (κ3) is 2.29. The fraction of sp³-hybridized carbons (Fsp3) is 0.111. The van der Waals surface area contributed by atoms with Crippen LogP contribution in [-0.2, 0) is 0 Å². The van der Waals surface area contributed by atoms with Crippen molar-refractivity contribution in [2.45, 2.75) is 6.92 Å². The maximum atomic E-state index is 10.5. The molecule has 0 aromatic heterocycles. The molecule has 0 saturated carbocycles. The van der Waals surface area contributed by atoms with Gasteiger partial charge in [-0.1, -0.05) is 29.8 Å². The molecule has 0 aliphatic heterocycles. The first-order valence-electron chi connectivity index (χ1n) is 3.72. The van der Waals surface area contributed by atoms with Crippen LogP contribution in [0.3, 0.4) is 0 Å². The first kappa shape index (κ1) is 9.74. The Morgan fingerprint density at radius 3 is 2.77 bits per heavy atom. The molecule has 0 unspecified atom stereocenters. The Morgan fingerprint density at radius 2 is 2.23 bits per heavy atom. The lowest BCUT2D eigenvalue weighted by Gasteiger charge is -1.96. The van der Waals surface area contributed by atoms with E-state index in [4.69, 9.17) is 11.6 Å². The van der Waals surface area contributed by atoms with Crippen LogP contribution in [-0.4, -0.2) is 4.92 Å². The van der Waals surface area contributed by atoms with Crippen molar-refractivity contribution in [3.05, 3.63) is 45.0 Å². The second-order valence-corrected chi connectivity index (χ2v) is 2.88. The summed E-state index contributed by atoms with van der Waals surface area (Å²) in [6.45, 7) is 1.85. The largest absolute Gasteiger partial charge is 0.288 e. The van der Waals surface area contributed by atoms with Crippen molar-refractivity contribution in [1.29, 1.82) is 0 Å². The number of allylic oxidation sites excluding steroid dienone is 1. The average Bonchev–Trinajstić information content (AvgIpc) is 2.08. The molecule has 0 bridgehead atoms. The van der Waals surface area contributed by atoms with E-state index >= 15 is 0 Å². The van der Waals surface area contributed by atoms with Crippen molar-refractivity contribution < 1.29 is 4.92 Å². The number of rotatable bonds is 2. The topological polar surface area (TPSA) is 43.1 Å². The van der Waals surface area contributed by atoms with Crippen LogP contribution in [0.1, 0.15) is 12.5 Å². The number of nitrogens with zero attached hydrogens (tertiary/aromatic N) is 1. The van der Waals surface area contributed by atoms with Crippen LogP contribution < -0.4 is 0 Å². The molecule has 0 aliphatic carbocycles. The lowest BCUT2D eigenvalue weighted by atomic mass is 10.2. The molecular weight excluding hydrogens is 190 g/mol. The number of hydrogen-bond acceptors (Lipinski definition) is 2. The molecule has 0 aliphatic rings. The van der Waals surface area contributed by atoms with Crippen molar-refractivity contribution in [1.82, 2.24) is 0 Å². The summed E-state index contributed by atoms with van der Waals surface area (Å²) in [4.78, 5) is 9.98. The van der Waals surface area contributed by atoms with E-state index in [1.54, 1.807) is 12.1 Å². The molecule has 0 atom stereocenters. The maximum Gasteiger partial charge on any atom is 0.288 e. The van der Waals surface area contributed by atoms with Crippen molar-refractivity contribution in [3.8, 4) is 0 Å². The van der Waals surface area contributed by atoms with Gasteiger partial charge in [0.1, 0.15) is 5.02 Å². The second kappa shape index (κ2) is 4.05. The van der Waals surface area contributed by atoms with Crippen LogP contribution in [0.15, 0.2) is 24.3 Å². The fourth-order valence-corrected chi connectivity index (χ4v) is 1.15. The molecule has 3 nitrogen and oxygen atoms in total. The predicted octanol–water partition coefficient (Wildman–Crippen LogP) is 3.28. The van der Waals surface area contributed by atoms with Crippen molar-refractivity contribution in [2.75, 3.05) is 0 Å². The summed E-state index contributed by atoms with van der Waals surface area (Å²) in [6.07, 6.45) is 3.59. The zero-order chi connectivity index (χ0) is 9.84. The molecule has 0 radical (unpaired) electrons. The molecule has 0 saturated heterocycles. The van der Waals surface area contributed by atoms with E-state index in [9.17, 15) is 10.1 Å².